The van der Waals surface area contributed by atoms with Crippen LogP contribution in [0.4, 0.5) is 10.1 Å². The molecule has 1 amide bonds. The van der Waals surface area contributed by atoms with Crippen LogP contribution in [0.2, 0.25) is 10.0 Å². The van der Waals surface area contributed by atoms with Crippen LogP contribution in [0.25, 0.3) is 0 Å². The number of carbonyl (C=O) groups is 1. The number of amides is 1. The van der Waals surface area contributed by atoms with Crippen molar-refractivity contribution < 1.29 is 22.3 Å². The molecule has 11 heteroatoms. The average Bonchev–Trinajstić information content (AvgIpc) is 3.11. The number of hydrogen-bond acceptors (Lipinski definition) is 6. The molecule has 0 spiro atoms. The van der Waals surface area contributed by atoms with Crippen molar-refractivity contribution in [1.29, 1.82) is 0 Å². The highest BCUT2D eigenvalue weighted by Crippen LogP contribution is 2.29. The van der Waals surface area contributed by atoms with Gasteiger partial charge in [0.1, 0.15) is 28.9 Å². The van der Waals surface area contributed by atoms with Crippen LogP contribution in [-0.2, 0) is 27.0 Å². The van der Waals surface area contributed by atoms with Gasteiger partial charge in [0.2, 0.25) is 5.91 Å². The summed E-state index contributed by atoms with van der Waals surface area (Å²) in [6.07, 6.45) is 0. The standard InChI is InChI=1S/C19H15Cl2FN2O4S2/c20-15-2-1-3-16(19(15)21)24-17(25)11-30(26,27)10-13-9-29-18(23-13)8-28-14-6-4-12(22)5-7-14/h1-7,9H,8,10-11H2,(H,24,25). The van der Waals surface area contributed by atoms with Gasteiger partial charge in [-0.1, -0.05) is 29.3 Å². The zero-order chi connectivity index (χ0) is 21.7. The van der Waals surface area contributed by atoms with Crippen LogP contribution < -0.4 is 10.1 Å². The lowest BCUT2D eigenvalue weighted by Crippen LogP contribution is -2.24. The number of ether oxygens (including phenoxy) is 1. The van der Waals surface area contributed by atoms with Crippen molar-refractivity contribution in [2.75, 3.05) is 11.1 Å². The van der Waals surface area contributed by atoms with E-state index in [9.17, 15) is 17.6 Å². The molecular formula is C19H15Cl2FN2O4S2. The van der Waals surface area contributed by atoms with Crippen LogP contribution in [0.15, 0.2) is 47.8 Å². The van der Waals surface area contributed by atoms with Crippen LogP contribution in [-0.4, -0.2) is 25.1 Å². The summed E-state index contributed by atoms with van der Waals surface area (Å²) in [5, 5.41) is 4.97. The monoisotopic (exact) mass is 488 g/mol. The predicted molar refractivity (Wildman–Crippen MR) is 115 cm³/mol. The molecule has 0 radical (unpaired) electrons. The molecule has 0 fully saturated rings. The highest BCUT2D eigenvalue weighted by molar-refractivity contribution is 7.91. The van der Waals surface area contributed by atoms with Crippen molar-refractivity contribution in [2.45, 2.75) is 12.4 Å². The maximum absolute atomic E-state index is 12.9. The second-order valence-corrected chi connectivity index (χ2v) is 9.95. The van der Waals surface area contributed by atoms with E-state index >= 15 is 0 Å². The van der Waals surface area contributed by atoms with Gasteiger partial charge in [0.05, 0.1) is 27.2 Å². The van der Waals surface area contributed by atoms with E-state index in [2.05, 4.69) is 10.3 Å². The van der Waals surface area contributed by atoms with Crippen LogP contribution in [0.5, 0.6) is 5.75 Å². The lowest BCUT2D eigenvalue weighted by Gasteiger charge is -2.08. The van der Waals surface area contributed by atoms with Crippen LogP contribution in [0, 0.1) is 5.82 Å². The van der Waals surface area contributed by atoms with E-state index in [1.807, 2.05) is 0 Å². The molecule has 1 heterocycles. The first-order valence-electron chi connectivity index (χ1n) is 8.48. The fourth-order valence-electron chi connectivity index (χ4n) is 2.42. The zero-order valence-corrected chi connectivity index (χ0v) is 18.4. The summed E-state index contributed by atoms with van der Waals surface area (Å²) < 4.78 is 43.1. The third-order valence-corrected chi connectivity index (χ3v) is 6.85. The SMILES string of the molecule is O=C(CS(=O)(=O)Cc1csc(COc2ccc(F)cc2)n1)Nc1cccc(Cl)c1Cl. The predicted octanol–water partition coefficient (Wildman–Crippen LogP) is 4.72. The number of nitrogens with one attached hydrogen (secondary N) is 1. The molecule has 0 saturated heterocycles. The molecule has 3 aromatic rings. The number of anilines is 1. The number of carbonyl (C=O) groups excluding carboxylic acids is 1. The molecule has 158 valence electrons. The topological polar surface area (TPSA) is 85.4 Å². The number of thiazole rings is 1. The molecular weight excluding hydrogens is 474 g/mol. The Kier molecular flexibility index (Phi) is 7.30. The Morgan fingerprint density at radius 3 is 2.63 bits per heavy atom. The molecule has 1 N–H and O–H groups in total. The van der Waals surface area contributed by atoms with Gasteiger partial charge in [0.25, 0.3) is 0 Å². The van der Waals surface area contributed by atoms with Gasteiger partial charge in [-0.15, -0.1) is 11.3 Å². The zero-order valence-electron chi connectivity index (χ0n) is 15.3. The molecule has 3 rings (SSSR count). The highest BCUT2D eigenvalue weighted by atomic mass is 35.5. The Labute approximate surface area is 186 Å². The van der Waals surface area contributed by atoms with Crippen molar-refractivity contribution in [2.24, 2.45) is 0 Å². The van der Waals surface area contributed by atoms with Gasteiger partial charge in [-0.05, 0) is 36.4 Å². The second kappa shape index (κ2) is 9.74. The van der Waals surface area contributed by atoms with E-state index in [0.29, 0.717) is 16.5 Å². The third kappa shape index (κ3) is 6.40. The van der Waals surface area contributed by atoms with E-state index in [4.69, 9.17) is 27.9 Å². The Balaban J connectivity index is 1.55. The average molecular weight is 489 g/mol. The molecule has 2 aromatic carbocycles. The van der Waals surface area contributed by atoms with E-state index in [-0.39, 0.29) is 28.2 Å². The number of halogens is 3. The van der Waals surface area contributed by atoms with Crippen molar-refractivity contribution >= 4 is 56.0 Å². The minimum Gasteiger partial charge on any atom is -0.486 e. The van der Waals surface area contributed by atoms with Gasteiger partial charge in [-0.2, -0.15) is 0 Å². The lowest BCUT2D eigenvalue weighted by atomic mass is 10.3. The van der Waals surface area contributed by atoms with Crippen LogP contribution in [0.3, 0.4) is 0 Å². The lowest BCUT2D eigenvalue weighted by molar-refractivity contribution is -0.113. The molecule has 0 atom stereocenters. The molecule has 1 aromatic heterocycles. The van der Waals surface area contributed by atoms with Crippen LogP contribution >= 0.6 is 34.5 Å². The fraction of sp³-hybridized carbons (Fsp3) is 0.158. The molecule has 0 aliphatic carbocycles. The number of sulfone groups is 1. The number of benzene rings is 2. The van der Waals surface area contributed by atoms with Gasteiger partial charge < -0.3 is 10.1 Å². The summed E-state index contributed by atoms with van der Waals surface area (Å²) in [6.45, 7) is 0.115. The summed E-state index contributed by atoms with van der Waals surface area (Å²) in [5.41, 5.74) is 0.546. The van der Waals surface area contributed by atoms with Crippen molar-refractivity contribution in [3.8, 4) is 5.75 Å². The minimum absolute atomic E-state index is 0.115. The highest BCUT2D eigenvalue weighted by Gasteiger charge is 2.20. The van der Waals surface area contributed by atoms with Crippen LogP contribution in [0.1, 0.15) is 10.7 Å². The molecule has 6 nitrogen and oxygen atoms in total. The molecule has 30 heavy (non-hydrogen) atoms. The smallest absolute Gasteiger partial charge is 0.239 e. The largest absolute Gasteiger partial charge is 0.486 e. The van der Waals surface area contributed by atoms with E-state index < -0.39 is 27.3 Å². The molecule has 0 aliphatic heterocycles. The third-order valence-electron chi connectivity index (χ3n) is 3.72. The molecule has 0 unspecified atom stereocenters. The maximum Gasteiger partial charge on any atom is 0.239 e. The Morgan fingerprint density at radius 1 is 1.17 bits per heavy atom. The first-order valence-corrected chi connectivity index (χ1v) is 11.9. The van der Waals surface area contributed by atoms with E-state index in [1.54, 1.807) is 17.5 Å². The fourth-order valence-corrected chi connectivity index (χ4v) is 4.75. The van der Waals surface area contributed by atoms with Gasteiger partial charge in [0, 0.05) is 5.38 Å². The van der Waals surface area contributed by atoms with Gasteiger partial charge in [-0.25, -0.2) is 17.8 Å². The quantitative estimate of drug-likeness (QED) is 0.495. The summed E-state index contributed by atoms with van der Waals surface area (Å²) in [7, 11) is -3.76. The Morgan fingerprint density at radius 2 is 1.90 bits per heavy atom. The minimum atomic E-state index is -3.76. The Bertz CT molecular complexity index is 1150. The van der Waals surface area contributed by atoms with Gasteiger partial charge >= 0.3 is 0 Å². The summed E-state index contributed by atoms with van der Waals surface area (Å²) in [5.74, 6) is -1.75. The van der Waals surface area contributed by atoms with Crippen molar-refractivity contribution in [3.63, 3.8) is 0 Å². The van der Waals surface area contributed by atoms with E-state index in [0.717, 1.165) is 0 Å². The molecule has 0 bridgehead atoms. The first kappa shape index (κ1) is 22.5. The summed E-state index contributed by atoms with van der Waals surface area (Å²) in [6, 6.07) is 10.2. The molecule has 0 aliphatic rings. The van der Waals surface area contributed by atoms with E-state index in [1.165, 1.54) is 41.7 Å². The summed E-state index contributed by atoms with van der Waals surface area (Å²) >= 11 is 13.1. The Hall–Kier alpha value is -2.20. The second-order valence-electron chi connectivity index (χ2n) is 6.16. The van der Waals surface area contributed by atoms with Crippen molar-refractivity contribution in [1.82, 2.24) is 4.98 Å². The summed E-state index contributed by atoms with van der Waals surface area (Å²) in [4.78, 5) is 16.3. The number of hydrogen-bond donors (Lipinski definition) is 1. The molecule has 0 saturated carbocycles. The normalized spacial score (nSPS) is 11.3. The number of nitrogens with zero attached hydrogens (tertiary/aromatic N) is 1. The van der Waals surface area contributed by atoms with Gasteiger partial charge in [0.15, 0.2) is 9.84 Å². The number of aromatic nitrogens is 1. The van der Waals surface area contributed by atoms with Crippen molar-refractivity contribution in [3.05, 3.63) is 74.4 Å². The first-order chi connectivity index (χ1) is 14.2. The maximum atomic E-state index is 12.9. The number of rotatable bonds is 8. The van der Waals surface area contributed by atoms with Gasteiger partial charge in [-0.3, -0.25) is 4.79 Å².